The van der Waals surface area contributed by atoms with Crippen LogP contribution >= 0.6 is 0 Å². The molecular weight excluding hydrogens is 358 g/mol. The van der Waals surface area contributed by atoms with Gasteiger partial charge in [0.1, 0.15) is 11.5 Å². The molecule has 144 valence electrons. The fraction of sp³-hybridized carbons (Fsp3) is 0.286. The van der Waals surface area contributed by atoms with Crippen LogP contribution in [-0.2, 0) is 11.3 Å². The van der Waals surface area contributed by atoms with Gasteiger partial charge >= 0.3 is 0 Å². The lowest BCUT2D eigenvalue weighted by atomic mass is 10.1. The minimum atomic E-state index is -0.0923. The number of nitrogens with zero attached hydrogens (tertiary/aromatic N) is 3. The van der Waals surface area contributed by atoms with Gasteiger partial charge in [-0.25, -0.2) is 0 Å². The van der Waals surface area contributed by atoms with Gasteiger partial charge in [0.15, 0.2) is 5.82 Å². The van der Waals surface area contributed by atoms with E-state index in [9.17, 15) is 4.79 Å². The third-order valence-electron chi connectivity index (χ3n) is 4.89. The molecule has 2 heterocycles. The number of rotatable bonds is 6. The lowest BCUT2D eigenvalue weighted by molar-refractivity contribution is -0.128. The predicted octanol–water partition coefficient (Wildman–Crippen LogP) is 3.27. The van der Waals surface area contributed by atoms with Crippen molar-refractivity contribution in [3.63, 3.8) is 0 Å². The van der Waals surface area contributed by atoms with Gasteiger partial charge in [0.25, 0.3) is 5.89 Å². The summed E-state index contributed by atoms with van der Waals surface area (Å²) in [7, 11) is 3.23. The van der Waals surface area contributed by atoms with E-state index in [4.69, 9.17) is 14.0 Å². The van der Waals surface area contributed by atoms with Crippen LogP contribution in [0, 0.1) is 0 Å². The van der Waals surface area contributed by atoms with Gasteiger partial charge in [0.05, 0.1) is 14.2 Å². The Hall–Kier alpha value is -3.35. The van der Waals surface area contributed by atoms with Crippen LogP contribution in [0.1, 0.15) is 23.7 Å². The summed E-state index contributed by atoms with van der Waals surface area (Å²) >= 11 is 0. The lowest BCUT2D eigenvalue weighted by Gasteiger charge is -2.18. The molecule has 1 amide bonds. The molecule has 0 bridgehead atoms. The molecule has 1 atom stereocenters. The summed E-state index contributed by atoms with van der Waals surface area (Å²) in [6.07, 6.45) is 0.361. The number of ether oxygens (including phenoxy) is 2. The Morgan fingerprint density at radius 3 is 2.71 bits per heavy atom. The number of methoxy groups -OCH3 is 2. The van der Waals surface area contributed by atoms with E-state index >= 15 is 0 Å². The predicted molar refractivity (Wildman–Crippen MR) is 102 cm³/mol. The Kier molecular flexibility index (Phi) is 4.97. The maximum absolute atomic E-state index is 12.6. The van der Waals surface area contributed by atoms with E-state index in [2.05, 4.69) is 10.1 Å². The van der Waals surface area contributed by atoms with E-state index in [1.807, 2.05) is 48.5 Å². The zero-order valence-corrected chi connectivity index (χ0v) is 15.8. The number of carbonyl (C=O) groups excluding carboxylic acids is 1. The summed E-state index contributed by atoms with van der Waals surface area (Å²) in [5.74, 6) is 2.45. The number of amides is 1. The minimum Gasteiger partial charge on any atom is -0.497 e. The van der Waals surface area contributed by atoms with Crippen molar-refractivity contribution >= 4 is 5.91 Å². The second-order valence-corrected chi connectivity index (χ2v) is 6.68. The molecule has 0 radical (unpaired) electrons. The molecule has 1 fully saturated rings. The highest BCUT2D eigenvalue weighted by molar-refractivity contribution is 5.79. The van der Waals surface area contributed by atoms with E-state index in [1.54, 1.807) is 19.1 Å². The molecule has 28 heavy (non-hydrogen) atoms. The molecule has 1 aromatic heterocycles. The maximum Gasteiger partial charge on any atom is 0.257 e. The summed E-state index contributed by atoms with van der Waals surface area (Å²) < 4.78 is 16.1. The number of benzene rings is 2. The van der Waals surface area contributed by atoms with E-state index in [1.165, 1.54) is 0 Å². The Balaban J connectivity index is 1.50. The highest BCUT2D eigenvalue weighted by Crippen LogP contribution is 2.31. The van der Waals surface area contributed by atoms with Crippen LogP contribution in [-0.4, -0.2) is 41.7 Å². The first-order chi connectivity index (χ1) is 13.7. The molecule has 7 heteroatoms. The zero-order chi connectivity index (χ0) is 19.5. The lowest BCUT2D eigenvalue weighted by Crippen LogP contribution is -2.24. The highest BCUT2D eigenvalue weighted by Gasteiger charge is 2.34. The van der Waals surface area contributed by atoms with Gasteiger partial charge in [-0.3, -0.25) is 4.79 Å². The second kappa shape index (κ2) is 7.72. The van der Waals surface area contributed by atoms with Crippen molar-refractivity contribution in [2.45, 2.75) is 18.9 Å². The molecule has 4 rings (SSSR count). The van der Waals surface area contributed by atoms with Crippen LogP contribution in [0.15, 0.2) is 53.1 Å². The molecule has 7 nitrogen and oxygen atoms in total. The summed E-state index contributed by atoms with van der Waals surface area (Å²) in [4.78, 5) is 18.9. The van der Waals surface area contributed by atoms with Crippen LogP contribution in [0.5, 0.6) is 11.5 Å². The van der Waals surface area contributed by atoms with Crippen LogP contribution in [0.2, 0.25) is 0 Å². The standard InChI is InChI=1S/C21H21N3O4/c1-26-17-8-9-18(27-2)15(10-17)12-24-13-16(11-19(24)25)20-22-21(28-23-20)14-6-4-3-5-7-14/h3-10,16H,11-13H2,1-2H3. The van der Waals surface area contributed by atoms with Gasteiger partial charge < -0.3 is 18.9 Å². The molecule has 1 aliphatic heterocycles. The number of hydrogen-bond acceptors (Lipinski definition) is 6. The average Bonchev–Trinajstić information content (AvgIpc) is 3.36. The van der Waals surface area contributed by atoms with Gasteiger partial charge in [-0.1, -0.05) is 23.4 Å². The van der Waals surface area contributed by atoms with Crippen molar-refractivity contribution in [2.24, 2.45) is 0 Å². The summed E-state index contributed by atoms with van der Waals surface area (Å²) in [5, 5.41) is 4.10. The van der Waals surface area contributed by atoms with E-state index < -0.39 is 0 Å². The zero-order valence-electron chi connectivity index (χ0n) is 15.8. The third kappa shape index (κ3) is 3.55. The van der Waals surface area contributed by atoms with Gasteiger partial charge in [-0.2, -0.15) is 4.98 Å². The monoisotopic (exact) mass is 379 g/mol. The Morgan fingerprint density at radius 2 is 1.96 bits per heavy atom. The molecule has 1 aliphatic rings. The fourth-order valence-corrected chi connectivity index (χ4v) is 3.41. The second-order valence-electron chi connectivity index (χ2n) is 6.68. The Morgan fingerprint density at radius 1 is 1.14 bits per heavy atom. The molecule has 0 N–H and O–H groups in total. The van der Waals surface area contributed by atoms with Crippen LogP contribution in [0.25, 0.3) is 11.5 Å². The summed E-state index contributed by atoms with van der Waals surface area (Å²) in [5.41, 5.74) is 1.76. The van der Waals surface area contributed by atoms with Crippen LogP contribution in [0.4, 0.5) is 0 Å². The molecule has 1 unspecified atom stereocenters. The van der Waals surface area contributed by atoms with Crippen molar-refractivity contribution in [3.05, 3.63) is 59.9 Å². The molecule has 1 saturated heterocycles. The molecular formula is C21H21N3O4. The minimum absolute atomic E-state index is 0.0564. The molecule has 0 aliphatic carbocycles. The fourth-order valence-electron chi connectivity index (χ4n) is 3.41. The van der Waals surface area contributed by atoms with Crippen molar-refractivity contribution in [2.75, 3.05) is 20.8 Å². The van der Waals surface area contributed by atoms with Crippen molar-refractivity contribution < 1.29 is 18.8 Å². The first-order valence-electron chi connectivity index (χ1n) is 9.05. The topological polar surface area (TPSA) is 77.7 Å². The smallest absolute Gasteiger partial charge is 0.257 e. The van der Waals surface area contributed by atoms with Crippen LogP contribution < -0.4 is 9.47 Å². The normalized spacial score (nSPS) is 16.4. The van der Waals surface area contributed by atoms with E-state index in [0.717, 1.165) is 22.6 Å². The highest BCUT2D eigenvalue weighted by atomic mass is 16.5. The number of likely N-dealkylation sites (tertiary alicyclic amines) is 1. The molecule has 3 aromatic rings. The number of aromatic nitrogens is 2. The first kappa shape index (κ1) is 18.0. The Bertz CT molecular complexity index is 971. The maximum atomic E-state index is 12.6. The van der Waals surface area contributed by atoms with Gasteiger partial charge in [-0.15, -0.1) is 0 Å². The molecule has 2 aromatic carbocycles. The van der Waals surface area contributed by atoms with E-state index in [-0.39, 0.29) is 11.8 Å². The largest absolute Gasteiger partial charge is 0.497 e. The molecule has 0 saturated carbocycles. The quantitative estimate of drug-likeness (QED) is 0.654. The number of hydrogen-bond donors (Lipinski definition) is 0. The summed E-state index contributed by atoms with van der Waals surface area (Å²) in [6, 6.07) is 15.2. The molecule has 0 spiro atoms. The number of carbonyl (C=O) groups is 1. The van der Waals surface area contributed by atoms with Gasteiger partial charge in [0.2, 0.25) is 5.91 Å². The van der Waals surface area contributed by atoms with Crippen molar-refractivity contribution in [1.82, 2.24) is 15.0 Å². The first-order valence-corrected chi connectivity index (χ1v) is 9.05. The Labute approximate surface area is 162 Å². The third-order valence-corrected chi connectivity index (χ3v) is 4.89. The summed E-state index contributed by atoms with van der Waals surface area (Å²) in [6.45, 7) is 0.978. The van der Waals surface area contributed by atoms with E-state index in [0.29, 0.717) is 31.2 Å². The van der Waals surface area contributed by atoms with Crippen molar-refractivity contribution in [1.29, 1.82) is 0 Å². The van der Waals surface area contributed by atoms with Crippen LogP contribution in [0.3, 0.4) is 0 Å². The average molecular weight is 379 g/mol. The van der Waals surface area contributed by atoms with Gasteiger partial charge in [-0.05, 0) is 30.3 Å². The SMILES string of the molecule is COc1ccc(OC)c(CN2CC(c3noc(-c4ccccc4)n3)CC2=O)c1. The van der Waals surface area contributed by atoms with Gasteiger partial charge in [0, 0.05) is 36.6 Å². The van der Waals surface area contributed by atoms with Crippen molar-refractivity contribution in [3.8, 4) is 23.0 Å².